The molecule has 2 aromatic rings. The highest BCUT2D eigenvalue weighted by Crippen LogP contribution is 2.31. The van der Waals surface area contributed by atoms with Gasteiger partial charge in [-0.3, -0.25) is 34.5 Å². The highest BCUT2D eigenvalue weighted by molar-refractivity contribution is 7.08. The Morgan fingerprint density at radius 2 is 2.06 bits per heavy atom. The maximum atomic E-state index is 13.2. The van der Waals surface area contributed by atoms with Gasteiger partial charge in [0.1, 0.15) is 10.9 Å². The Balaban J connectivity index is 1.59. The van der Waals surface area contributed by atoms with Crippen LogP contribution in [0.3, 0.4) is 0 Å². The van der Waals surface area contributed by atoms with Gasteiger partial charge in [-0.2, -0.15) is 0 Å². The molecule has 0 aliphatic carbocycles. The molecule has 2 aliphatic rings. The fraction of sp³-hybridized carbons (Fsp3) is 0.435. The minimum atomic E-state index is -0.652. The van der Waals surface area contributed by atoms with Gasteiger partial charge >= 0.3 is 0 Å². The predicted octanol–water partition coefficient (Wildman–Crippen LogP) is 2.37. The standard InChI is InChI=1S/C23H27N5O4S/c1-4-10-28(26(3)23(32)20-14(5-2)12-24-33-20)16-7-6-15-13-27(22(31)17(15)11-16)18-8-9-19(29)25-21(18)30/h6-7,11-12,18H,4-5,8-10,13H2,1-3H3,(H,25,29,30)/t18-/m1/s1. The Kier molecular flexibility index (Phi) is 6.46. The minimum absolute atomic E-state index is 0.139. The lowest BCUT2D eigenvalue weighted by Crippen LogP contribution is -2.52. The molecule has 1 aromatic carbocycles. The number of benzene rings is 1. The van der Waals surface area contributed by atoms with Crippen molar-refractivity contribution >= 4 is 40.8 Å². The van der Waals surface area contributed by atoms with Gasteiger partial charge < -0.3 is 4.90 Å². The number of nitrogens with one attached hydrogen (secondary N) is 1. The Hall–Kier alpha value is -3.27. The molecule has 1 fully saturated rings. The molecule has 1 aromatic heterocycles. The molecule has 0 saturated carbocycles. The lowest BCUT2D eigenvalue weighted by Gasteiger charge is -2.33. The van der Waals surface area contributed by atoms with Gasteiger partial charge in [-0.1, -0.05) is 19.9 Å². The first-order chi connectivity index (χ1) is 15.8. The minimum Gasteiger partial charge on any atom is -0.322 e. The van der Waals surface area contributed by atoms with E-state index in [1.165, 1.54) is 16.4 Å². The molecule has 0 radical (unpaired) electrons. The molecule has 9 nitrogen and oxygen atoms in total. The van der Waals surface area contributed by atoms with Crippen molar-refractivity contribution in [2.75, 3.05) is 18.6 Å². The fourth-order valence-corrected chi connectivity index (χ4v) is 5.12. The smallest absolute Gasteiger partial charge is 0.284 e. The first-order valence-corrected chi connectivity index (χ1v) is 11.9. The van der Waals surface area contributed by atoms with Crippen LogP contribution in [0.25, 0.3) is 0 Å². The van der Waals surface area contributed by atoms with Crippen LogP contribution < -0.4 is 10.3 Å². The van der Waals surface area contributed by atoms with Crippen molar-refractivity contribution in [1.29, 1.82) is 0 Å². The van der Waals surface area contributed by atoms with Crippen LogP contribution in [0.2, 0.25) is 0 Å². The van der Waals surface area contributed by atoms with E-state index in [9.17, 15) is 19.2 Å². The number of aryl methyl sites for hydroxylation is 1. The maximum Gasteiger partial charge on any atom is 0.284 e. The number of imide groups is 1. The van der Waals surface area contributed by atoms with E-state index in [1.54, 1.807) is 24.3 Å². The molecule has 1 saturated heterocycles. The summed E-state index contributed by atoms with van der Waals surface area (Å²) in [6.07, 6.45) is 3.80. The van der Waals surface area contributed by atoms with Gasteiger partial charge in [-0.05, 0) is 54.1 Å². The van der Waals surface area contributed by atoms with Gasteiger partial charge in [0.2, 0.25) is 11.8 Å². The molecule has 0 unspecified atom stereocenters. The molecule has 174 valence electrons. The van der Waals surface area contributed by atoms with Crippen molar-refractivity contribution < 1.29 is 19.2 Å². The zero-order valence-electron chi connectivity index (χ0n) is 19.0. The normalized spacial score (nSPS) is 17.7. The summed E-state index contributed by atoms with van der Waals surface area (Å²) in [6.45, 7) is 4.93. The van der Waals surface area contributed by atoms with E-state index in [1.807, 2.05) is 31.0 Å². The van der Waals surface area contributed by atoms with Crippen LogP contribution in [0.5, 0.6) is 0 Å². The van der Waals surface area contributed by atoms with E-state index in [4.69, 9.17) is 0 Å². The van der Waals surface area contributed by atoms with Crippen LogP contribution in [-0.4, -0.2) is 57.5 Å². The average Bonchev–Trinajstić information content (AvgIpc) is 3.41. The number of hydrogen-bond acceptors (Lipinski definition) is 7. The molecule has 0 bridgehead atoms. The number of aromatic nitrogens is 1. The number of amides is 4. The monoisotopic (exact) mass is 469 g/mol. The Morgan fingerprint density at radius 1 is 1.27 bits per heavy atom. The molecule has 2 aliphatic heterocycles. The van der Waals surface area contributed by atoms with E-state index in [0.29, 0.717) is 30.0 Å². The zero-order valence-corrected chi connectivity index (χ0v) is 19.8. The van der Waals surface area contributed by atoms with Crippen molar-refractivity contribution in [3.05, 3.63) is 46.0 Å². The quantitative estimate of drug-likeness (QED) is 0.493. The number of anilines is 1. The first-order valence-electron chi connectivity index (χ1n) is 11.1. The Labute approximate surface area is 196 Å². The van der Waals surface area contributed by atoms with E-state index in [-0.39, 0.29) is 24.1 Å². The summed E-state index contributed by atoms with van der Waals surface area (Å²) in [4.78, 5) is 52.3. The largest absolute Gasteiger partial charge is 0.322 e. The predicted molar refractivity (Wildman–Crippen MR) is 124 cm³/mol. The number of piperidine rings is 1. The molecular weight excluding hydrogens is 442 g/mol. The summed E-state index contributed by atoms with van der Waals surface area (Å²) in [7, 11) is 1.72. The number of carbonyl (C=O) groups excluding carboxylic acids is 4. The molecule has 3 heterocycles. The summed E-state index contributed by atoms with van der Waals surface area (Å²) in [5.74, 6) is -1.11. The lowest BCUT2D eigenvalue weighted by molar-refractivity contribution is -0.136. The van der Waals surface area contributed by atoms with Gasteiger partial charge in [0.05, 0.1) is 5.69 Å². The van der Waals surface area contributed by atoms with Crippen molar-refractivity contribution in [3.63, 3.8) is 0 Å². The van der Waals surface area contributed by atoms with Crippen molar-refractivity contribution in [1.82, 2.24) is 19.6 Å². The third kappa shape index (κ3) is 4.22. The van der Waals surface area contributed by atoms with Gasteiger partial charge in [-0.15, -0.1) is 0 Å². The Bertz CT molecular complexity index is 1110. The van der Waals surface area contributed by atoms with E-state index >= 15 is 0 Å². The van der Waals surface area contributed by atoms with Gasteiger partial charge in [-0.25, -0.2) is 4.37 Å². The second kappa shape index (κ2) is 9.30. The number of rotatable bonds is 7. The van der Waals surface area contributed by atoms with Crippen LogP contribution >= 0.6 is 11.5 Å². The van der Waals surface area contributed by atoms with Crippen molar-refractivity contribution in [2.45, 2.75) is 52.1 Å². The fourth-order valence-electron chi connectivity index (χ4n) is 4.31. The van der Waals surface area contributed by atoms with Crippen molar-refractivity contribution in [3.8, 4) is 0 Å². The highest BCUT2D eigenvalue weighted by atomic mass is 32.1. The third-order valence-electron chi connectivity index (χ3n) is 6.12. The topological polar surface area (TPSA) is 103 Å². The second-order valence-corrected chi connectivity index (χ2v) is 9.03. The molecule has 10 heteroatoms. The SMILES string of the molecule is CCCN(c1ccc2c(c1)C(=O)N([C@@H]1CCC(=O)NC1=O)C2)N(C)C(=O)c1sncc1CC. The van der Waals surface area contributed by atoms with Crippen LogP contribution in [0.1, 0.15) is 64.3 Å². The number of hydrogen-bond donors (Lipinski definition) is 1. The number of fused-ring (bicyclic) bond motifs is 1. The Morgan fingerprint density at radius 3 is 2.76 bits per heavy atom. The molecule has 4 amide bonds. The second-order valence-electron chi connectivity index (χ2n) is 8.23. The molecule has 0 spiro atoms. The highest BCUT2D eigenvalue weighted by Gasteiger charge is 2.39. The molecule has 1 N–H and O–H groups in total. The first kappa shape index (κ1) is 22.9. The van der Waals surface area contributed by atoms with Gasteiger partial charge in [0.15, 0.2) is 0 Å². The van der Waals surface area contributed by atoms with Crippen LogP contribution in [0.4, 0.5) is 5.69 Å². The molecule has 4 rings (SSSR count). The average molecular weight is 470 g/mol. The summed E-state index contributed by atoms with van der Waals surface area (Å²) in [5, 5.41) is 5.77. The molecular formula is C23H27N5O4S. The summed E-state index contributed by atoms with van der Waals surface area (Å²) in [6, 6.07) is 4.91. The van der Waals surface area contributed by atoms with Crippen molar-refractivity contribution in [2.24, 2.45) is 0 Å². The number of hydrazine groups is 1. The van der Waals surface area contributed by atoms with Crippen LogP contribution in [0, 0.1) is 0 Å². The van der Waals surface area contributed by atoms with Gasteiger partial charge in [0, 0.05) is 38.3 Å². The lowest BCUT2D eigenvalue weighted by atomic mass is 10.0. The zero-order chi connectivity index (χ0) is 23.7. The molecule has 33 heavy (non-hydrogen) atoms. The number of carbonyl (C=O) groups is 4. The van der Waals surface area contributed by atoms with Crippen LogP contribution in [-0.2, 0) is 22.6 Å². The van der Waals surface area contributed by atoms with E-state index in [0.717, 1.165) is 29.7 Å². The van der Waals surface area contributed by atoms with Gasteiger partial charge in [0.25, 0.3) is 11.8 Å². The third-order valence-corrected chi connectivity index (χ3v) is 6.95. The summed E-state index contributed by atoms with van der Waals surface area (Å²) < 4.78 is 4.17. The van der Waals surface area contributed by atoms with E-state index in [2.05, 4.69) is 9.69 Å². The molecule has 1 atom stereocenters. The van der Waals surface area contributed by atoms with Crippen LogP contribution in [0.15, 0.2) is 24.4 Å². The van der Waals surface area contributed by atoms with E-state index < -0.39 is 11.9 Å². The summed E-state index contributed by atoms with van der Waals surface area (Å²) in [5.41, 5.74) is 2.99. The number of nitrogens with zero attached hydrogens (tertiary/aromatic N) is 4. The summed E-state index contributed by atoms with van der Waals surface area (Å²) >= 11 is 1.19. The maximum absolute atomic E-state index is 13.2.